The zero-order valence-corrected chi connectivity index (χ0v) is 11.5. The summed E-state index contributed by atoms with van der Waals surface area (Å²) in [4.78, 5) is 11.6. The van der Waals surface area contributed by atoms with E-state index in [9.17, 15) is 4.79 Å². The Kier molecular flexibility index (Phi) is 3.53. The Morgan fingerprint density at radius 1 is 1.37 bits per heavy atom. The van der Waals surface area contributed by atoms with Gasteiger partial charge < -0.3 is 9.47 Å². The third-order valence-electron chi connectivity index (χ3n) is 3.42. The molecule has 0 aliphatic rings. The van der Waals surface area contributed by atoms with Gasteiger partial charge in [0, 0.05) is 13.3 Å². The summed E-state index contributed by atoms with van der Waals surface area (Å²) in [6.45, 7) is 3.95. The van der Waals surface area contributed by atoms with Crippen LogP contribution < -0.4 is 0 Å². The molecule has 1 unspecified atom stereocenters. The lowest BCUT2D eigenvalue weighted by atomic mass is 10.0. The highest BCUT2D eigenvalue weighted by Gasteiger charge is 2.30. The van der Waals surface area contributed by atoms with Gasteiger partial charge >= 0.3 is 5.97 Å². The van der Waals surface area contributed by atoms with Gasteiger partial charge in [-0.25, -0.2) is 4.79 Å². The summed E-state index contributed by atoms with van der Waals surface area (Å²) in [5, 5.41) is 8.26. The number of nitrogens with zero attached hydrogens (tertiary/aromatic N) is 3. The zero-order chi connectivity index (χ0) is 14.0. The molecule has 2 rings (SSSR count). The number of carbonyl (C=O) groups excluding carboxylic acids is 1. The van der Waals surface area contributed by atoms with E-state index < -0.39 is 11.6 Å². The molecular formula is C13H17N3O3. The summed E-state index contributed by atoms with van der Waals surface area (Å²) in [6, 6.07) is 3.39. The van der Waals surface area contributed by atoms with Gasteiger partial charge in [-0.3, -0.25) is 4.40 Å². The smallest absolute Gasteiger partial charge is 0.339 e. The van der Waals surface area contributed by atoms with Crippen LogP contribution >= 0.6 is 0 Å². The Labute approximate surface area is 111 Å². The number of fused-ring (bicyclic) bond motifs is 1. The Bertz CT molecular complexity index is 602. The van der Waals surface area contributed by atoms with Gasteiger partial charge in [-0.2, -0.15) is 0 Å². The van der Waals surface area contributed by atoms with Gasteiger partial charge in [0.25, 0.3) is 0 Å². The standard InChI is InChI=1S/C13H17N3O3/c1-5-13(2,19-4)12-15-14-10-7-6-9(8-16(10)12)11(17)18-3/h6-8H,5H2,1-4H3. The van der Waals surface area contributed by atoms with Crippen LogP contribution in [0.25, 0.3) is 5.65 Å². The molecule has 0 fully saturated rings. The van der Waals surface area contributed by atoms with Crippen LogP contribution in [0.5, 0.6) is 0 Å². The van der Waals surface area contributed by atoms with Gasteiger partial charge in [0.2, 0.25) is 0 Å². The van der Waals surface area contributed by atoms with Crippen LogP contribution in [0.15, 0.2) is 18.3 Å². The highest BCUT2D eigenvalue weighted by atomic mass is 16.5. The summed E-state index contributed by atoms with van der Waals surface area (Å²) >= 11 is 0. The highest BCUT2D eigenvalue weighted by Crippen LogP contribution is 2.27. The summed E-state index contributed by atoms with van der Waals surface area (Å²) in [6.07, 6.45) is 2.41. The zero-order valence-electron chi connectivity index (χ0n) is 11.5. The molecule has 19 heavy (non-hydrogen) atoms. The van der Waals surface area contributed by atoms with Crippen molar-refractivity contribution >= 4 is 11.6 Å². The second-order valence-corrected chi connectivity index (χ2v) is 4.45. The van der Waals surface area contributed by atoms with Crippen molar-refractivity contribution in [2.75, 3.05) is 14.2 Å². The molecule has 6 heteroatoms. The molecule has 1 atom stereocenters. The first-order chi connectivity index (χ1) is 9.05. The number of rotatable bonds is 4. The molecule has 0 amide bonds. The van der Waals surface area contributed by atoms with Crippen LogP contribution in [0.4, 0.5) is 0 Å². The normalized spacial score (nSPS) is 14.3. The van der Waals surface area contributed by atoms with Crippen LogP contribution in [0.3, 0.4) is 0 Å². The SMILES string of the molecule is CCC(C)(OC)c1nnc2ccc(C(=O)OC)cn12. The minimum absolute atomic E-state index is 0.392. The topological polar surface area (TPSA) is 65.7 Å². The summed E-state index contributed by atoms with van der Waals surface area (Å²) in [5.74, 6) is 0.274. The average molecular weight is 263 g/mol. The molecule has 0 saturated carbocycles. The fraction of sp³-hybridized carbons (Fsp3) is 0.462. The van der Waals surface area contributed by atoms with Gasteiger partial charge in [0.05, 0.1) is 12.7 Å². The van der Waals surface area contributed by atoms with Gasteiger partial charge in [0.1, 0.15) is 5.60 Å². The van der Waals surface area contributed by atoms with Crippen LogP contribution in [0.2, 0.25) is 0 Å². The quantitative estimate of drug-likeness (QED) is 0.787. The molecule has 2 heterocycles. The second-order valence-electron chi connectivity index (χ2n) is 4.45. The summed E-state index contributed by atoms with van der Waals surface area (Å²) in [5.41, 5.74) is 0.568. The van der Waals surface area contributed by atoms with Crippen molar-refractivity contribution in [3.05, 3.63) is 29.7 Å². The van der Waals surface area contributed by atoms with Crippen molar-refractivity contribution in [1.29, 1.82) is 0 Å². The number of esters is 1. The van der Waals surface area contributed by atoms with Crippen molar-refractivity contribution < 1.29 is 14.3 Å². The van der Waals surface area contributed by atoms with E-state index in [4.69, 9.17) is 9.47 Å². The van der Waals surface area contributed by atoms with Gasteiger partial charge in [-0.15, -0.1) is 10.2 Å². The third kappa shape index (κ3) is 2.19. The first kappa shape index (κ1) is 13.5. The van der Waals surface area contributed by atoms with E-state index >= 15 is 0 Å². The summed E-state index contributed by atoms with van der Waals surface area (Å²) < 4.78 is 12.0. The number of pyridine rings is 1. The first-order valence-corrected chi connectivity index (χ1v) is 6.04. The summed E-state index contributed by atoms with van der Waals surface area (Å²) in [7, 11) is 2.99. The molecule has 0 bridgehead atoms. The van der Waals surface area contributed by atoms with Crippen molar-refractivity contribution in [2.24, 2.45) is 0 Å². The van der Waals surface area contributed by atoms with Crippen LogP contribution in [0.1, 0.15) is 36.5 Å². The lowest BCUT2D eigenvalue weighted by molar-refractivity contribution is -0.00980. The second kappa shape index (κ2) is 4.97. The number of ether oxygens (including phenoxy) is 2. The van der Waals surface area contributed by atoms with Crippen molar-refractivity contribution in [3.63, 3.8) is 0 Å². The fourth-order valence-corrected chi connectivity index (χ4v) is 1.88. The maximum Gasteiger partial charge on any atom is 0.339 e. The third-order valence-corrected chi connectivity index (χ3v) is 3.42. The molecule has 0 saturated heterocycles. The largest absolute Gasteiger partial charge is 0.465 e. The maximum absolute atomic E-state index is 11.6. The molecule has 0 radical (unpaired) electrons. The highest BCUT2D eigenvalue weighted by molar-refractivity contribution is 5.89. The molecule has 2 aromatic rings. The monoisotopic (exact) mass is 263 g/mol. The van der Waals surface area contributed by atoms with E-state index in [1.165, 1.54) is 7.11 Å². The minimum Gasteiger partial charge on any atom is -0.465 e. The Morgan fingerprint density at radius 3 is 2.68 bits per heavy atom. The average Bonchev–Trinajstić information content (AvgIpc) is 2.89. The molecular weight excluding hydrogens is 246 g/mol. The van der Waals surface area contributed by atoms with E-state index in [0.717, 1.165) is 6.42 Å². The van der Waals surface area contributed by atoms with Crippen molar-refractivity contribution in [3.8, 4) is 0 Å². The molecule has 0 aliphatic heterocycles. The fourth-order valence-electron chi connectivity index (χ4n) is 1.88. The van der Waals surface area contributed by atoms with E-state index in [0.29, 0.717) is 17.0 Å². The maximum atomic E-state index is 11.6. The number of carbonyl (C=O) groups is 1. The lowest BCUT2D eigenvalue weighted by Gasteiger charge is -2.24. The molecule has 0 spiro atoms. The number of methoxy groups -OCH3 is 2. The molecule has 102 valence electrons. The number of hydrogen-bond donors (Lipinski definition) is 0. The first-order valence-electron chi connectivity index (χ1n) is 6.04. The van der Waals surface area contributed by atoms with Crippen LogP contribution in [0, 0.1) is 0 Å². The Balaban J connectivity index is 2.60. The number of aromatic nitrogens is 3. The van der Waals surface area contributed by atoms with E-state index in [2.05, 4.69) is 10.2 Å². The van der Waals surface area contributed by atoms with Crippen molar-refractivity contribution in [2.45, 2.75) is 25.9 Å². The van der Waals surface area contributed by atoms with Crippen LogP contribution in [-0.4, -0.2) is 34.8 Å². The predicted molar refractivity (Wildman–Crippen MR) is 69.0 cm³/mol. The number of hydrogen-bond acceptors (Lipinski definition) is 5. The van der Waals surface area contributed by atoms with E-state index in [-0.39, 0.29) is 0 Å². The van der Waals surface area contributed by atoms with Gasteiger partial charge in [-0.05, 0) is 25.5 Å². The van der Waals surface area contributed by atoms with E-state index in [1.54, 1.807) is 29.8 Å². The molecule has 0 aliphatic carbocycles. The Hall–Kier alpha value is -1.95. The Morgan fingerprint density at radius 2 is 2.11 bits per heavy atom. The molecule has 0 aromatic carbocycles. The van der Waals surface area contributed by atoms with Gasteiger partial charge in [-0.1, -0.05) is 6.92 Å². The molecule has 6 nitrogen and oxygen atoms in total. The molecule has 0 N–H and O–H groups in total. The van der Waals surface area contributed by atoms with Crippen molar-refractivity contribution in [1.82, 2.24) is 14.6 Å². The minimum atomic E-state index is -0.547. The molecule has 2 aromatic heterocycles. The van der Waals surface area contributed by atoms with E-state index in [1.807, 2.05) is 13.8 Å². The van der Waals surface area contributed by atoms with Gasteiger partial charge in [0.15, 0.2) is 11.5 Å². The predicted octanol–water partition coefficient (Wildman–Crippen LogP) is 1.79. The lowest BCUT2D eigenvalue weighted by Crippen LogP contribution is -2.26. The van der Waals surface area contributed by atoms with Crippen LogP contribution in [-0.2, 0) is 15.1 Å².